The highest BCUT2D eigenvalue weighted by Gasteiger charge is 2.08. The first-order valence-electron chi connectivity index (χ1n) is 7.85. The first-order chi connectivity index (χ1) is 11.6. The summed E-state index contributed by atoms with van der Waals surface area (Å²) in [6.07, 6.45) is 1.55. The molecule has 0 radical (unpaired) electrons. The number of hydrogen-bond acceptors (Lipinski definition) is 4. The molecule has 0 spiro atoms. The second-order valence-electron chi connectivity index (χ2n) is 5.23. The Bertz CT molecular complexity index is 672. The van der Waals surface area contributed by atoms with Gasteiger partial charge in [0.25, 0.3) is 0 Å². The van der Waals surface area contributed by atoms with E-state index in [0.29, 0.717) is 24.8 Å². The largest absolute Gasteiger partial charge is 0.489 e. The molecule has 1 heterocycles. The highest BCUT2D eigenvalue weighted by Crippen LogP contribution is 2.13. The number of rotatable bonds is 7. The molecular weight excluding hydrogens is 311 g/mol. The minimum Gasteiger partial charge on any atom is -0.489 e. The molecule has 0 saturated heterocycles. The fourth-order valence-corrected chi connectivity index (χ4v) is 2.12. The van der Waals surface area contributed by atoms with E-state index in [1.807, 2.05) is 18.4 Å². The lowest BCUT2D eigenvalue weighted by atomic mass is 10.3. The third-order valence-corrected chi connectivity index (χ3v) is 3.36. The van der Waals surface area contributed by atoms with Crippen molar-refractivity contribution in [1.82, 2.24) is 25.4 Å². The number of halogens is 1. The molecule has 8 heteroatoms. The van der Waals surface area contributed by atoms with Gasteiger partial charge in [-0.15, -0.1) is 10.2 Å². The topological polar surface area (TPSA) is 76.4 Å². The maximum atomic E-state index is 13.1. The van der Waals surface area contributed by atoms with Crippen LogP contribution in [-0.2, 0) is 13.1 Å². The van der Waals surface area contributed by atoms with Crippen LogP contribution < -0.4 is 15.4 Å². The van der Waals surface area contributed by atoms with Crippen molar-refractivity contribution >= 4 is 5.96 Å². The van der Waals surface area contributed by atoms with Crippen LogP contribution in [0.25, 0.3) is 0 Å². The third kappa shape index (κ3) is 5.22. The molecule has 1 atom stereocenters. The zero-order chi connectivity index (χ0) is 17.4. The Morgan fingerprint density at radius 1 is 1.42 bits per heavy atom. The smallest absolute Gasteiger partial charge is 0.191 e. The van der Waals surface area contributed by atoms with Gasteiger partial charge in [-0.2, -0.15) is 0 Å². The number of aliphatic imine (C=N–C) groups is 1. The summed E-state index contributed by atoms with van der Waals surface area (Å²) in [7, 11) is 1.69. The summed E-state index contributed by atoms with van der Waals surface area (Å²) in [5, 5.41) is 14.3. The van der Waals surface area contributed by atoms with Crippen molar-refractivity contribution in [1.29, 1.82) is 0 Å². The minimum atomic E-state index is -0.315. The van der Waals surface area contributed by atoms with E-state index in [1.165, 1.54) is 12.1 Å². The van der Waals surface area contributed by atoms with Crippen LogP contribution in [0.4, 0.5) is 4.39 Å². The fraction of sp³-hybridized carbons (Fsp3) is 0.438. The van der Waals surface area contributed by atoms with Gasteiger partial charge in [-0.05, 0) is 26.0 Å². The zero-order valence-electron chi connectivity index (χ0n) is 14.2. The number of nitrogens with one attached hydrogen (secondary N) is 2. The van der Waals surface area contributed by atoms with Crippen LogP contribution in [0.3, 0.4) is 0 Å². The molecular formula is C16H23FN6O. The predicted octanol–water partition coefficient (Wildman–Crippen LogP) is 1.57. The standard InChI is InChI=1S/C16H23FN6O/c1-4-23-11-21-22-15(23)10-20-16(18-3)19-9-12(2)24-14-7-5-6-13(17)8-14/h5-8,11-12H,4,9-10H2,1-3H3,(H2,18,19,20). The van der Waals surface area contributed by atoms with Crippen LogP contribution in [0, 0.1) is 5.82 Å². The quantitative estimate of drug-likeness (QED) is 0.594. The predicted molar refractivity (Wildman–Crippen MR) is 90.4 cm³/mol. The molecule has 2 rings (SSSR count). The van der Waals surface area contributed by atoms with Crippen molar-refractivity contribution in [3.05, 3.63) is 42.2 Å². The van der Waals surface area contributed by atoms with Crippen molar-refractivity contribution in [2.45, 2.75) is 33.0 Å². The van der Waals surface area contributed by atoms with Crippen LogP contribution in [-0.4, -0.2) is 40.4 Å². The second-order valence-corrected chi connectivity index (χ2v) is 5.23. The zero-order valence-corrected chi connectivity index (χ0v) is 14.2. The first-order valence-corrected chi connectivity index (χ1v) is 7.85. The molecule has 130 valence electrons. The number of ether oxygens (including phenoxy) is 1. The van der Waals surface area contributed by atoms with Gasteiger partial charge in [-0.1, -0.05) is 6.07 Å². The molecule has 2 aromatic rings. The van der Waals surface area contributed by atoms with Crippen LogP contribution in [0.2, 0.25) is 0 Å². The Balaban J connectivity index is 1.78. The molecule has 0 fully saturated rings. The Morgan fingerprint density at radius 2 is 2.25 bits per heavy atom. The summed E-state index contributed by atoms with van der Waals surface area (Å²) in [5.74, 6) is 1.66. The van der Waals surface area contributed by atoms with E-state index in [2.05, 4.69) is 25.8 Å². The number of benzene rings is 1. The fourth-order valence-electron chi connectivity index (χ4n) is 2.12. The SMILES string of the molecule is CCn1cnnc1CNC(=NC)NCC(C)Oc1cccc(F)c1. The van der Waals surface area contributed by atoms with E-state index >= 15 is 0 Å². The molecule has 0 amide bonds. The van der Waals surface area contributed by atoms with Gasteiger partial charge in [0.05, 0.1) is 13.1 Å². The Labute approximate surface area is 141 Å². The maximum absolute atomic E-state index is 13.1. The number of aromatic nitrogens is 3. The van der Waals surface area contributed by atoms with E-state index in [9.17, 15) is 4.39 Å². The van der Waals surface area contributed by atoms with Crippen LogP contribution in [0.5, 0.6) is 5.75 Å². The van der Waals surface area contributed by atoms with Crippen molar-refractivity contribution in [3.8, 4) is 5.75 Å². The third-order valence-electron chi connectivity index (χ3n) is 3.36. The van der Waals surface area contributed by atoms with Crippen LogP contribution in [0.15, 0.2) is 35.6 Å². The first kappa shape index (κ1) is 17.7. The molecule has 7 nitrogen and oxygen atoms in total. The van der Waals surface area contributed by atoms with E-state index in [-0.39, 0.29) is 11.9 Å². The van der Waals surface area contributed by atoms with Gasteiger partial charge < -0.3 is 19.9 Å². The van der Waals surface area contributed by atoms with Gasteiger partial charge in [0.2, 0.25) is 0 Å². The van der Waals surface area contributed by atoms with Crippen molar-refractivity contribution in [3.63, 3.8) is 0 Å². The average Bonchev–Trinajstić information content (AvgIpc) is 3.02. The Morgan fingerprint density at radius 3 is 2.96 bits per heavy atom. The van der Waals surface area contributed by atoms with Gasteiger partial charge >= 0.3 is 0 Å². The maximum Gasteiger partial charge on any atom is 0.191 e. The van der Waals surface area contributed by atoms with Gasteiger partial charge in [-0.25, -0.2) is 4.39 Å². The molecule has 0 aliphatic rings. The summed E-state index contributed by atoms with van der Waals surface area (Å²) in [5.41, 5.74) is 0. The van der Waals surface area contributed by atoms with E-state index in [4.69, 9.17) is 4.74 Å². The Kier molecular flexibility index (Phi) is 6.53. The Hall–Kier alpha value is -2.64. The summed E-state index contributed by atoms with van der Waals surface area (Å²) in [6, 6.07) is 6.09. The summed E-state index contributed by atoms with van der Waals surface area (Å²) < 4.78 is 20.8. The molecule has 0 aliphatic carbocycles. The second kappa shape index (κ2) is 8.85. The van der Waals surface area contributed by atoms with Crippen molar-refractivity contribution in [2.75, 3.05) is 13.6 Å². The highest BCUT2D eigenvalue weighted by atomic mass is 19.1. The average molecular weight is 334 g/mol. The number of guanidine groups is 1. The monoisotopic (exact) mass is 334 g/mol. The normalized spacial score (nSPS) is 12.8. The summed E-state index contributed by atoms with van der Waals surface area (Å²) in [4.78, 5) is 4.16. The summed E-state index contributed by atoms with van der Waals surface area (Å²) >= 11 is 0. The summed E-state index contributed by atoms with van der Waals surface area (Å²) in [6.45, 7) is 5.79. The van der Waals surface area contributed by atoms with E-state index < -0.39 is 0 Å². The van der Waals surface area contributed by atoms with Crippen LogP contribution >= 0.6 is 0 Å². The number of nitrogens with zero attached hydrogens (tertiary/aromatic N) is 4. The van der Waals surface area contributed by atoms with Gasteiger partial charge in [0.15, 0.2) is 11.8 Å². The molecule has 2 N–H and O–H groups in total. The number of aryl methyl sites for hydroxylation is 1. The lowest BCUT2D eigenvalue weighted by molar-refractivity contribution is 0.223. The van der Waals surface area contributed by atoms with Crippen molar-refractivity contribution in [2.24, 2.45) is 4.99 Å². The molecule has 0 saturated carbocycles. The van der Waals surface area contributed by atoms with Crippen molar-refractivity contribution < 1.29 is 9.13 Å². The van der Waals surface area contributed by atoms with Gasteiger partial charge in [-0.3, -0.25) is 4.99 Å². The molecule has 0 bridgehead atoms. The van der Waals surface area contributed by atoms with E-state index in [1.54, 1.807) is 25.5 Å². The molecule has 0 aliphatic heterocycles. The number of hydrogen-bond donors (Lipinski definition) is 2. The molecule has 1 unspecified atom stereocenters. The molecule has 24 heavy (non-hydrogen) atoms. The molecule has 1 aromatic carbocycles. The van der Waals surface area contributed by atoms with Gasteiger partial charge in [0.1, 0.15) is 24.0 Å². The lowest BCUT2D eigenvalue weighted by Gasteiger charge is -2.17. The minimum absolute atomic E-state index is 0.148. The van der Waals surface area contributed by atoms with Crippen LogP contribution in [0.1, 0.15) is 19.7 Å². The van der Waals surface area contributed by atoms with Gasteiger partial charge in [0, 0.05) is 19.7 Å². The lowest BCUT2D eigenvalue weighted by Crippen LogP contribution is -2.41. The highest BCUT2D eigenvalue weighted by molar-refractivity contribution is 5.79. The van der Waals surface area contributed by atoms with E-state index in [0.717, 1.165) is 12.4 Å². The molecule has 1 aromatic heterocycles.